The van der Waals surface area contributed by atoms with Crippen molar-refractivity contribution in [1.82, 2.24) is 20.6 Å². The molecule has 0 spiro atoms. The molecular weight excluding hydrogens is 403 g/mol. The van der Waals surface area contributed by atoms with E-state index in [1.807, 2.05) is 48.5 Å². The summed E-state index contributed by atoms with van der Waals surface area (Å²) in [6, 6.07) is 15.8. The van der Waals surface area contributed by atoms with Gasteiger partial charge in [0.25, 0.3) is 5.91 Å². The van der Waals surface area contributed by atoms with Crippen molar-refractivity contribution in [2.24, 2.45) is 5.92 Å². The number of imidazole rings is 1. The van der Waals surface area contributed by atoms with E-state index in [0.717, 1.165) is 47.0 Å². The number of carbonyl (C=O) groups excluding carboxylic acids is 1. The number of hydrogen-bond acceptors (Lipinski definition) is 4. The van der Waals surface area contributed by atoms with E-state index in [2.05, 4.69) is 20.6 Å². The van der Waals surface area contributed by atoms with Gasteiger partial charge in [0, 0.05) is 36.9 Å². The third-order valence-electron chi connectivity index (χ3n) is 4.41. The van der Waals surface area contributed by atoms with Gasteiger partial charge in [-0.2, -0.15) is 0 Å². The van der Waals surface area contributed by atoms with E-state index in [4.69, 9.17) is 0 Å². The summed E-state index contributed by atoms with van der Waals surface area (Å²) in [6.45, 7) is 2.71. The number of aromatic nitrogens is 2. The molecule has 1 aliphatic heterocycles. The third-order valence-corrected chi connectivity index (χ3v) is 5.33. The van der Waals surface area contributed by atoms with Gasteiger partial charge in [0.05, 0.1) is 11.0 Å². The lowest BCUT2D eigenvalue weighted by Gasteiger charge is -2.27. The number of nitrogens with one attached hydrogen (secondary N) is 3. The van der Waals surface area contributed by atoms with E-state index in [-0.39, 0.29) is 30.7 Å². The van der Waals surface area contributed by atoms with Gasteiger partial charge in [0.1, 0.15) is 0 Å². The summed E-state index contributed by atoms with van der Waals surface area (Å²) in [5.41, 5.74) is 3.77. The molecule has 144 valence electrons. The van der Waals surface area contributed by atoms with E-state index in [0.29, 0.717) is 11.7 Å². The van der Waals surface area contributed by atoms with Crippen molar-refractivity contribution in [2.45, 2.75) is 10.9 Å². The second-order valence-electron chi connectivity index (χ2n) is 6.24. The number of rotatable bonds is 6. The fourth-order valence-electron chi connectivity index (χ4n) is 2.84. The predicted octanol–water partition coefficient (Wildman–Crippen LogP) is 3.65. The first-order valence-electron chi connectivity index (χ1n) is 8.44. The maximum Gasteiger partial charge on any atom is 0.251 e. The summed E-state index contributed by atoms with van der Waals surface area (Å²) >= 11 is 1.61. The zero-order chi connectivity index (χ0) is 17.1. The number of amides is 1. The molecule has 0 aliphatic carbocycles. The van der Waals surface area contributed by atoms with Gasteiger partial charge in [-0.25, -0.2) is 4.98 Å². The van der Waals surface area contributed by atoms with Crippen LogP contribution in [0.5, 0.6) is 0 Å². The summed E-state index contributed by atoms with van der Waals surface area (Å²) in [6.07, 6.45) is 0. The van der Waals surface area contributed by atoms with Crippen LogP contribution in [0.1, 0.15) is 15.9 Å². The number of H-pyrrole nitrogens is 1. The summed E-state index contributed by atoms with van der Waals surface area (Å²) < 4.78 is 0. The average molecular weight is 425 g/mol. The Kier molecular flexibility index (Phi) is 7.98. The van der Waals surface area contributed by atoms with Crippen LogP contribution in [0.25, 0.3) is 11.0 Å². The van der Waals surface area contributed by atoms with Gasteiger partial charge in [0.2, 0.25) is 0 Å². The number of halogens is 2. The molecule has 1 aromatic heterocycles. The molecule has 5 nitrogen and oxygen atoms in total. The van der Waals surface area contributed by atoms with Crippen LogP contribution in [0.2, 0.25) is 0 Å². The van der Waals surface area contributed by atoms with Crippen LogP contribution in [0.3, 0.4) is 0 Å². The summed E-state index contributed by atoms with van der Waals surface area (Å²) in [5, 5.41) is 7.14. The Labute approximate surface area is 174 Å². The van der Waals surface area contributed by atoms with Gasteiger partial charge >= 0.3 is 0 Å². The Morgan fingerprint density at radius 3 is 2.59 bits per heavy atom. The lowest BCUT2D eigenvalue weighted by molar-refractivity contribution is 0.0941. The maximum atomic E-state index is 12.5. The van der Waals surface area contributed by atoms with E-state index >= 15 is 0 Å². The fraction of sp³-hybridized carbons (Fsp3) is 0.263. The molecule has 1 amide bonds. The number of aromatic amines is 1. The molecule has 0 bridgehead atoms. The summed E-state index contributed by atoms with van der Waals surface area (Å²) in [5.74, 6) is 1.27. The van der Waals surface area contributed by atoms with Gasteiger partial charge in [-0.05, 0) is 23.8 Å². The SMILES string of the molecule is Cl.Cl.O=C(NCC1CNC1)c1ccccc1CSc1nc2ccccc2[nH]1. The van der Waals surface area contributed by atoms with Gasteiger partial charge in [-0.15, -0.1) is 24.8 Å². The first kappa shape index (κ1) is 21.6. The second kappa shape index (κ2) is 9.99. The van der Waals surface area contributed by atoms with Crippen molar-refractivity contribution in [3.63, 3.8) is 0 Å². The van der Waals surface area contributed by atoms with Crippen LogP contribution in [0.4, 0.5) is 0 Å². The number of carbonyl (C=O) groups is 1. The monoisotopic (exact) mass is 424 g/mol. The predicted molar refractivity (Wildman–Crippen MR) is 115 cm³/mol. The van der Waals surface area contributed by atoms with E-state index in [1.54, 1.807) is 11.8 Å². The molecule has 1 aliphatic rings. The topological polar surface area (TPSA) is 69.8 Å². The highest BCUT2D eigenvalue weighted by Gasteiger charge is 2.18. The maximum absolute atomic E-state index is 12.5. The van der Waals surface area contributed by atoms with Crippen LogP contribution in [0, 0.1) is 5.92 Å². The number of benzene rings is 2. The Morgan fingerprint density at radius 1 is 1.11 bits per heavy atom. The van der Waals surface area contributed by atoms with E-state index < -0.39 is 0 Å². The Balaban J connectivity index is 0.00000131. The molecule has 0 radical (unpaired) electrons. The molecule has 0 saturated carbocycles. The number of hydrogen-bond donors (Lipinski definition) is 3. The number of fused-ring (bicyclic) bond motifs is 1. The molecule has 2 heterocycles. The lowest BCUT2D eigenvalue weighted by Crippen LogP contribution is -2.48. The lowest BCUT2D eigenvalue weighted by atomic mass is 10.0. The van der Waals surface area contributed by atoms with Crippen LogP contribution in [-0.4, -0.2) is 35.5 Å². The van der Waals surface area contributed by atoms with Gasteiger partial charge < -0.3 is 15.6 Å². The average Bonchev–Trinajstić information content (AvgIpc) is 3.01. The zero-order valence-corrected chi connectivity index (χ0v) is 17.1. The van der Waals surface area contributed by atoms with Crippen LogP contribution >= 0.6 is 36.6 Å². The molecule has 0 unspecified atom stereocenters. The minimum atomic E-state index is 0. The quantitative estimate of drug-likeness (QED) is 0.528. The van der Waals surface area contributed by atoms with Crippen LogP contribution in [-0.2, 0) is 5.75 Å². The summed E-state index contributed by atoms with van der Waals surface area (Å²) in [7, 11) is 0. The molecule has 27 heavy (non-hydrogen) atoms. The Morgan fingerprint density at radius 2 is 1.85 bits per heavy atom. The number of para-hydroxylation sites is 2. The molecule has 1 fully saturated rings. The normalized spacial score (nSPS) is 13.3. The Hall–Kier alpha value is -1.73. The van der Waals surface area contributed by atoms with Crippen molar-refractivity contribution in [3.8, 4) is 0 Å². The van der Waals surface area contributed by atoms with Crippen LogP contribution in [0.15, 0.2) is 53.7 Å². The number of thioether (sulfide) groups is 1. The van der Waals surface area contributed by atoms with E-state index in [9.17, 15) is 4.79 Å². The standard InChI is InChI=1S/C19H20N4OS.2ClH/c24-18(21-11-13-9-20-10-13)15-6-2-1-5-14(15)12-25-19-22-16-7-3-4-8-17(16)23-19;;/h1-8,13,20H,9-12H2,(H,21,24)(H,22,23);2*1H. The minimum Gasteiger partial charge on any atom is -0.352 e. The molecular formula is C19H22Cl2N4OS. The van der Waals surface area contributed by atoms with Crippen molar-refractivity contribution in [1.29, 1.82) is 0 Å². The Bertz CT molecular complexity index is 865. The highest BCUT2D eigenvalue weighted by molar-refractivity contribution is 7.98. The van der Waals surface area contributed by atoms with Crippen molar-refractivity contribution in [2.75, 3.05) is 19.6 Å². The van der Waals surface area contributed by atoms with Gasteiger partial charge in [-0.1, -0.05) is 42.1 Å². The fourth-order valence-corrected chi connectivity index (χ4v) is 3.73. The van der Waals surface area contributed by atoms with E-state index in [1.165, 1.54) is 0 Å². The van der Waals surface area contributed by atoms with Crippen molar-refractivity contribution < 1.29 is 4.79 Å². The minimum absolute atomic E-state index is 0. The summed E-state index contributed by atoms with van der Waals surface area (Å²) in [4.78, 5) is 20.4. The van der Waals surface area contributed by atoms with Crippen molar-refractivity contribution in [3.05, 3.63) is 59.7 Å². The van der Waals surface area contributed by atoms with Gasteiger partial charge in [-0.3, -0.25) is 4.79 Å². The molecule has 4 rings (SSSR count). The molecule has 1 saturated heterocycles. The number of nitrogens with zero attached hydrogens (tertiary/aromatic N) is 1. The molecule has 3 N–H and O–H groups in total. The largest absolute Gasteiger partial charge is 0.352 e. The second-order valence-corrected chi connectivity index (χ2v) is 7.20. The first-order chi connectivity index (χ1) is 12.3. The zero-order valence-electron chi connectivity index (χ0n) is 14.6. The molecule has 0 atom stereocenters. The first-order valence-corrected chi connectivity index (χ1v) is 9.42. The molecule has 8 heteroatoms. The highest BCUT2D eigenvalue weighted by Crippen LogP contribution is 2.24. The van der Waals surface area contributed by atoms with Gasteiger partial charge in [0.15, 0.2) is 5.16 Å². The third kappa shape index (κ3) is 5.17. The molecule has 2 aromatic carbocycles. The molecule has 3 aromatic rings. The smallest absolute Gasteiger partial charge is 0.251 e. The van der Waals surface area contributed by atoms with Crippen LogP contribution < -0.4 is 10.6 Å². The highest BCUT2D eigenvalue weighted by atomic mass is 35.5. The van der Waals surface area contributed by atoms with Crippen molar-refractivity contribution >= 4 is 53.5 Å².